The highest BCUT2D eigenvalue weighted by molar-refractivity contribution is 5.84. The van der Waals surface area contributed by atoms with Gasteiger partial charge in [-0.25, -0.2) is 0 Å². The molecule has 0 aliphatic carbocycles. The van der Waals surface area contributed by atoms with E-state index in [0.29, 0.717) is 22.3 Å². The number of rotatable bonds is 7. The summed E-state index contributed by atoms with van der Waals surface area (Å²) in [5, 5.41) is 90.0. The first-order valence-corrected chi connectivity index (χ1v) is 12.4. The quantitative estimate of drug-likeness (QED) is 0.153. The predicted molar refractivity (Wildman–Crippen MR) is 132 cm³/mol. The minimum atomic E-state index is -1.64. The molecule has 14 nitrogen and oxygen atoms in total. The Morgan fingerprint density at radius 2 is 1.20 bits per heavy atom. The van der Waals surface area contributed by atoms with E-state index in [0.717, 1.165) is 0 Å². The van der Waals surface area contributed by atoms with Gasteiger partial charge in [-0.1, -0.05) is 0 Å². The molecular formula is C26H30O14. The highest BCUT2D eigenvalue weighted by atomic mass is 16.7. The second-order valence-corrected chi connectivity index (χ2v) is 9.66. The van der Waals surface area contributed by atoms with E-state index in [9.17, 15) is 46.0 Å². The van der Waals surface area contributed by atoms with E-state index in [1.807, 2.05) is 0 Å². The van der Waals surface area contributed by atoms with Crippen LogP contribution in [0.4, 0.5) is 0 Å². The molecule has 0 amide bonds. The zero-order chi connectivity index (χ0) is 28.7. The number of ether oxygens (including phenoxy) is 4. The molecule has 0 radical (unpaired) electrons. The van der Waals surface area contributed by atoms with E-state index in [1.165, 1.54) is 24.3 Å². The number of aliphatic hydroxyl groups is 8. The summed E-state index contributed by atoms with van der Waals surface area (Å²) in [6, 6.07) is 10.5. The van der Waals surface area contributed by atoms with Gasteiger partial charge in [0.05, 0.1) is 13.2 Å². The van der Waals surface area contributed by atoms with Crippen molar-refractivity contribution in [3.05, 3.63) is 42.5 Å². The highest BCUT2D eigenvalue weighted by Crippen LogP contribution is 2.36. The third kappa shape index (κ3) is 5.46. The van der Waals surface area contributed by atoms with Crippen molar-refractivity contribution >= 4 is 11.0 Å². The zero-order valence-corrected chi connectivity index (χ0v) is 20.8. The van der Waals surface area contributed by atoms with Gasteiger partial charge in [0.15, 0.2) is 0 Å². The third-order valence-electron chi connectivity index (χ3n) is 6.87. The van der Waals surface area contributed by atoms with Crippen molar-refractivity contribution in [3.63, 3.8) is 0 Å². The zero-order valence-electron chi connectivity index (χ0n) is 20.8. The van der Waals surface area contributed by atoms with Crippen LogP contribution in [0, 0.1) is 0 Å². The number of hydrogen-bond acceptors (Lipinski definition) is 14. The first kappa shape index (κ1) is 28.5. The van der Waals surface area contributed by atoms with Crippen LogP contribution >= 0.6 is 0 Å². The molecule has 0 spiro atoms. The van der Waals surface area contributed by atoms with Gasteiger partial charge in [0, 0.05) is 23.1 Å². The Kier molecular flexibility index (Phi) is 8.17. The molecule has 0 bridgehead atoms. The smallest absolute Gasteiger partial charge is 0.229 e. The minimum Gasteiger partial charge on any atom is -0.508 e. The van der Waals surface area contributed by atoms with E-state index in [1.54, 1.807) is 18.2 Å². The largest absolute Gasteiger partial charge is 0.508 e. The summed E-state index contributed by atoms with van der Waals surface area (Å²) in [5.74, 6) is 0.311. The molecule has 9 N–H and O–H groups in total. The summed E-state index contributed by atoms with van der Waals surface area (Å²) in [7, 11) is 0. The van der Waals surface area contributed by atoms with Crippen molar-refractivity contribution < 1.29 is 69.3 Å². The molecule has 2 aliphatic heterocycles. The fraction of sp³-hybridized carbons (Fsp3) is 0.462. The molecule has 1 aromatic heterocycles. The maximum absolute atomic E-state index is 10.3. The molecule has 0 unspecified atom stereocenters. The van der Waals surface area contributed by atoms with Crippen LogP contribution in [-0.2, 0) is 9.47 Å². The van der Waals surface area contributed by atoms with Gasteiger partial charge in [0.2, 0.25) is 12.6 Å². The molecule has 2 fully saturated rings. The van der Waals surface area contributed by atoms with E-state index < -0.39 is 74.6 Å². The molecule has 2 saturated heterocycles. The van der Waals surface area contributed by atoms with Crippen LogP contribution in [-0.4, -0.2) is 121 Å². The second kappa shape index (κ2) is 11.5. The average molecular weight is 567 g/mol. The maximum atomic E-state index is 10.3. The number of aliphatic hydroxyl groups excluding tert-OH is 8. The SMILES string of the molecule is OC[C@@H]1O[C@H](Oc2cc(O)cc(-c3cc4ccc(O[C@H]5O[C@@H](CO)[C@H](O)[C@@H](O)[C@@H]5O)cc4o3)c2)[C@@H](O)[C@H](O)[C@H]1O. The van der Waals surface area contributed by atoms with Crippen LogP contribution < -0.4 is 9.47 Å². The van der Waals surface area contributed by atoms with Gasteiger partial charge in [0.1, 0.15) is 77.4 Å². The van der Waals surface area contributed by atoms with Crippen LogP contribution in [0.25, 0.3) is 22.3 Å². The number of fused-ring (bicyclic) bond motifs is 1. The Morgan fingerprint density at radius 3 is 1.77 bits per heavy atom. The van der Waals surface area contributed by atoms with E-state index >= 15 is 0 Å². The number of furan rings is 1. The van der Waals surface area contributed by atoms with Gasteiger partial charge in [-0.2, -0.15) is 0 Å². The summed E-state index contributed by atoms with van der Waals surface area (Å²) in [6.07, 6.45) is -14.7. The lowest BCUT2D eigenvalue weighted by Gasteiger charge is -2.39. The molecule has 5 rings (SSSR count). The fourth-order valence-electron chi connectivity index (χ4n) is 4.62. The number of phenolic OH excluding ortho intramolecular Hbond substituents is 1. The molecule has 2 aromatic carbocycles. The number of benzene rings is 2. The van der Waals surface area contributed by atoms with Gasteiger partial charge in [-0.15, -0.1) is 0 Å². The van der Waals surface area contributed by atoms with Gasteiger partial charge in [-0.3, -0.25) is 0 Å². The molecule has 2 aliphatic rings. The monoisotopic (exact) mass is 566 g/mol. The molecule has 218 valence electrons. The number of hydrogen-bond donors (Lipinski definition) is 9. The molecule has 0 saturated carbocycles. The molecule has 10 atom stereocenters. The third-order valence-corrected chi connectivity index (χ3v) is 6.87. The summed E-state index contributed by atoms with van der Waals surface area (Å²) in [5.41, 5.74) is 0.712. The van der Waals surface area contributed by atoms with Gasteiger partial charge in [0.25, 0.3) is 0 Å². The first-order chi connectivity index (χ1) is 19.1. The van der Waals surface area contributed by atoms with Crippen LogP contribution in [0.15, 0.2) is 46.9 Å². The second-order valence-electron chi connectivity index (χ2n) is 9.66. The lowest BCUT2D eigenvalue weighted by molar-refractivity contribution is -0.277. The summed E-state index contributed by atoms with van der Waals surface area (Å²) in [6.45, 7) is -1.23. The Bertz CT molecular complexity index is 1310. The standard InChI is InChI=1S/C26H30O14/c27-8-17-19(30)21(32)23(34)25(39-17)36-13-2-1-10-5-15(38-16(10)7-13)11-3-12(29)6-14(4-11)37-26-24(35)22(33)20(31)18(9-28)40-26/h1-7,17-35H,8-9H2/t17-,18-,19-,20-,21+,22+,23-,24-,25-,26-/m0/s1. The van der Waals surface area contributed by atoms with Crippen molar-refractivity contribution in [1.29, 1.82) is 0 Å². The van der Waals surface area contributed by atoms with Gasteiger partial charge >= 0.3 is 0 Å². The summed E-state index contributed by atoms with van der Waals surface area (Å²) < 4.78 is 27.9. The fourth-order valence-corrected chi connectivity index (χ4v) is 4.62. The molecule has 40 heavy (non-hydrogen) atoms. The summed E-state index contributed by atoms with van der Waals surface area (Å²) in [4.78, 5) is 0. The van der Waals surface area contributed by atoms with Crippen molar-refractivity contribution in [2.75, 3.05) is 13.2 Å². The Hall–Kier alpha value is -3.02. The van der Waals surface area contributed by atoms with Crippen LogP contribution in [0.5, 0.6) is 17.2 Å². The Labute approximate surface area is 226 Å². The number of aromatic hydroxyl groups is 1. The molecular weight excluding hydrogens is 536 g/mol. The minimum absolute atomic E-state index is 0.0337. The highest BCUT2D eigenvalue weighted by Gasteiger charge is 2.45. The van der Waals surface area contributed by atoms with Crippen molar-refractivity contribution in [1.82, 2.24) is 0 Å². The predicted octanol–water partition coefficient (Wildman–Crippen LogP) is -1.84. The van der Waals surface area contributed by atoms with Crippen molar-refractivity contribution in [2.45, 2.75) is 61.4 Å². The molecule has 3 heterocycles. The van der Waals surface area contributed by atoms with E-state index in [-0.39, 0.29) is 17.2 Å². The first-order valence-electron chi connectivity index (χ1n) is 12.4. The van der Waals surface area contributed by atoms with Gasteiger partial charge < -0.3 is 69.3 Å². The number of phenols is 1. The van der Waals surface area contributed by atoms with Crippen molar-refractivity contribution in [2.24, 2.45) is 0 Å². The van der Waals surface area contributed by atoms with E-state index in [2.05, 4.69) is 0 Å². The van der Waals surface area contributed by atoms with Crippen LogP contribution in [0.1, 0.15) is 0 Å². The molecule has 14 heteroatoms. The summed E-state index contributed by atoms with van der Waals surface area (Å²) >= 11 is 0. The Morgan fingerprint density at radius 1 is 0.625 bits per heavy atom. The Balaban J connectivity index is 1.35. The maximum Gasteiger partial charge on any atom is 0.229 e. The average Bonchev–Trinajstić information content (AvgIpc) is 3.37. The lowest BCUT2D eigenvalue weighted by atomic mass is 9.99. The van der Waals surface area contributed by atoms with Crippen LogP contribution in [0.2, 0.25) is 0 Å². The van der Waals surface area contributed by atoms with Gasteiger partial charge in [-0.05, 0) is 30.3 Å². The normalized spacial score (nSPS) is 34.6. The molecule has 3 aromatic rings. The van der Waals surface area contributed by atoms with Crippen LogP contribution in [0.3, 0.4) is 0 Å². The topological polar surface area (TPSA) is 232 Å². The lowest BCUT2D eigenvalue weighted by Crippen LogP contribution is -2.60. The van der Waals surface area contributed by atoms with E-state index in [4.69, 9.17) is 23.4 Å². The van der Waals surface area contributed by atoms with Crippen molar-refractivity contribution in [3.8, 4) is 28.6 Å².